The summed E-state index contributed by atoms with van der Waals surface area (Å²) in [6, 6.07) is 0.770. The van der Waals surface area contributed by atoms with E-state index < -0.39 is 0 Å². The lowest BCUT2D eigenvalue weighted by Gasteiger charge is -2.24. The predicted molar refractivity (Wildman–Crippen MR) is 35.9 cm³/mol. The van der Waals surface area contributed by atoms with E-state index in [-0.39, 0.29) is 0 Å². The Morgan fingerprint density at radius 2 is 2.00 bits per heavy atom. The van der Waals surface area contributed by atoms with Gasteiger partial charge in [-0.3, -0.25) is 0 Å². The zero-order valence-corrected chi connectivity index (χ0v) is 5.78. The summed E-state index contributed by atoms with van der Waals surface area (Å²) in [7, 11) is 0. The molecule has 0 aromatic heterocycles. The third kappa shape index (κ3) is 1.48. The standard InChI is InChI=1S/C7H15N/c1-6-3-4-7(2)8-5-6/h6-8H,3-5H2,1-2H3/t6-,7+/m1/s1. The first-order chi connectivity index (χ1) is 3.79. The first kappa shape index (κ1) is 6.09. The van der Waals surface area contributed by atoms with Crippen molar-refractivity contribution in [1.29, 1.82) is 0 Å². The fourth-order valence-corrected chi connectivity index (χ4v) is 1.14. The van der Waals surface area contributed by atoms with Gasteiger partial charge in [0.2, 0.25) is 0 Å². The van der Waals surface area contributed by atoms with E-state index in [0.29, 0.717) is 0 Å². The molecule has 1 N–H and O–H groups in total. The highest BCUT2D eigenvalue weighted by Crippen LogP contribution is 2.11. The topological polar surface area (TPSA) is 12.0 Å². The lowest BCUT2D eigenvalue weighted by molar-refractivity contribution is 0.343. The fourth-order valence-electron chi connectivity index (χ4n) is 1.14. The maximum atomic E-state index is 3.43. The van der Waals surface area contributed by atoms with Gasteiger partial charge in [0, 0.05) is 6.04 Å². The summed E-state index contributed by atoms with van der Waals surface area (Å²) in [5.41, 5.74) is 0. The molecule has 1 heteroatoms. The summed E-state index contributed by atoms with van der Waals surface area (Å²) in [6.45, 7) is 5.78. The van der Waals surface area contributed by atoms with Crippen molar-refractivity contribution < 1.29 is 0 Å². The second-order valence-electron chi connectivity index (χ2n) is 2.99. The van der Waals surface area contributed by atoms with Crippen molar-refractivity contribution in [2.45, 2.75) is 32.7 Å². The molecule has 1 rings (SSSR count). The average Bonchev–Trinajstić information content (AvgIpc) is 1.77. The Bertz CT molecular complexity index is 52.8. The summed E-state index contributed by atoms with van der Waals surface area (Å²) in [6.07, 6.45) is 2.77. The van der Waals surface area contributed by atoms with Gasteiger partial charge in [-0.25, -0.2) is 0 Å². The summed E-state index contributed by atoms with van der Waals surface area (Å²) in [5.74, 6) is 0.909. The largest absolute Gasteiger partial charge is 0.314 e. The minimum Gasteiger partial charge on any atom is -0.314 e. The molecule has 2 atom stereocenters. The van der Waals surface area contributed by atoms with Crippen molar-refractivity contribution in [3.05, 3.63) is 0 Å². The van der Waals surface area contributed by atoms with E-state index in [4.69, 9.17) is 0 Å². The molecule has 0 spiro atoms. The molecule has 1 fully saturated rings. The molecule has 0 aromatic carbocycles. The second kappa shape index (κ2) is 2.49. The van der Waals surface area contributed by atoms with Gasteiger partial charge in [0.05, 0.1) is 0 Å². The normalized spacial score (nSPS) is 39.8. The summed E-state index contributed by atoms with van der Waals surface area (Å²) < 4.78 is 0. The van der Waals surface area contributed by atoms with Gasteiger partial charge in [-0.1, -0.05) is 6.92 Å². The van der Waals surface area contributed by atoms with Crippen LogP contribution in [-0.2, 0) is 0 Å². The highest BCUT2D eigenvalue weighted by atomic mass is 14.9. The number of hydrogen-bond acceptors (Lipinski definition) is 1. The van der Waals surface area contributed by atoms with Crippen molar-refractivity contribution in [1.82, 2.24) is 5.32 Å². The molecular formula is C7H15N. The SMILES string of the molecule is C[C@@H]1CC[C@H](C)NC1. The van der Waals surface area contributed by atoms with Gasteiger partial charge in [-0.05, 0) is 32.2 Å². The van der Waals surface area contributed by atoms with E-state index in [2.05, 4.69) is 19.2 Å². The molecule has 8 heavy (non-hydrogen) atoms. The van der Waals surface area contributed by atoms with Crippen molar-refractivity contribution in [3.63, 3.8) is 0 Å². The Morgan fingerprint density at radius 1 is 1.25 bits per heavy atom. The molecule has 0 aromatic rings. The first-order valence-electron chi connectivity index (χ1n) is 3.52. The fraction of sp³-hybridized carbons (Fsp3) is 1.00. The highest BCUT2D eigenvalue weighted by Gasteiger charge is 2.11. The third-order valence-corrected chi connectivity index (χ3v) is 1.91. The lowest BCUT2D eigenvalue weighted by Crippen LogP contribution is -2.35. The molecule has 0 aliphatic carbocycles. The van der Waals surface area contributed by atoms with Crippen LogP contribution in [0.5, 0.6) is 0 Å². The Morgan fingerprint density at radius 3 is 2.38 bits per heavy atom. The number of nitrogens with one attached hydrogen (secondary N) is 1. The van der Waals surface area contributed by atoms with Crippen molar-refractivity contribution in [2.75, 3.05) is 6.54 Å². The van der Waals surface area contributed by atoms with Crippen molar-refractivity contribution in [3.8, 4) is 0 Å². The third-order valence-electron chi connectivity index (χ3n) is 1.91. The molecule has 1 heterocycles. The molecule has 1 saturated heterocycles. The van der Waals surface area contributed by atoms with Crippen molar-refractivity contribution in [2.24, 2.45) is 5.92 Å². The average molecular weight is 113 g/mol. The van der Waals surface area contributed by atoms with Gasteiger partial charge in [-0.2, -0.15) is 0 Å². The van der Waals surface area contributed by atoms with E-state index in [0.717, 1.165) is 12.0 Å². The molecule has 0 saturated carbocycles. The number of piperidine rings is 1. The van der Waals surface area contributed by atoms with Gasteiger partial charge in [0.25, 0.3) is 0 Å². The summed E-state index contributed by atoms with van der Waals surface area (Å²) >= 11 is 0. The molecule has 1 nitrogen and oxygen atoms in total. The van der Waals surface area contributed by atoms with Gasteiger partial charge >= 0.3 is 0 Å². The van der Waals surface area contributed by atoms with Crippen LogP contribution in [0.2, 0.25) is 0 Å². The molecule has 0 amide bonds. The molecule has 0 bridgehead atoms. The van der Waals surface area contributed by atoms with E-state index in [1.807, 2.05) is 0 Å². The first-order valence-corrected chi connectivity index (χ1v) is 3.52. The molecule has 1 aliphatic rings. The van der Waals surface area contributed by atoms with Crippen LogP contribution < -0.4 is 5.32 Å². The zero-order valence-electron chi connectivity index (χ0n) is 5.78. The van der Waals surface area contributed by atoms with E-state index in [9.17, 15) is 0 Å². The Hall–Kier alpha value is -0.0400. The van der Waals surface area contributed by atoms with Gasteiger partial charge in [0.15, 0.2) is 0 Å². The van der Waals surface area contributed by atoms with Crippen LogP contribution in [0.1, 0.15) is 26.7 Å². The lowest BCUT2D eigenvalue weighted by atomic mass is 9.98. The Labute approximate surface area is 51.5 Å². The Balaban J connectivity index is 2.19. The van der Waals surface area contributed by atoms with Crippen LogP contribution in [-0.4, -0.2) is 12.6 Å². The van der Waals surface area contributed by atoms with E-state index in [1.165, 1.54) is 19.4 Å². The molecule has 0 unspecified atom stereocenters. The monoisotopic (exact) mass is 113 g/mol. The van der Waals surface area contributed by atoms with Crippen LogP contribution in [0.25, 0.3) is 0 Å². The van der Waals surface area contributed by atoms with Gasteiger partial charge in [0.1, 0.15) is 0 Å². The van der Waals surface area contributed by atoms with Crippen molar-refractivity contribution >= 4 is 0 Å². The summed E-state index contributed by atoms with van der Waals surface area (Å²) in [5, 5.41) is 3.43. The van der Waals surface area contributed by atoms with Crippen LogP contribution in [0.4, 0.5) is 0 Å². The van der Waals surface area contributed by atoms with Crippen LogP contribution >= 0.6 is 0 Å². The highest BCUT2D eigenvalue weighted by molar-refractivity contribution is 4.71. The molecule has 1 aliphatic heterocycles. The summed E-state index contributed by atoms with van der Waals surface area (Å²) in [4.78, 5) is 0. The minimum absolute atomic E-state index is 0.770. The van der Waals surface area contributed by atoms with Crippen LogP contribution in [0, 0.1) is 5.92 Å². The van der Waals surface area contributed by atoms with Gasteiger partial charge < -0.3 is 5.32 Å². The maximum Gasteiger partial charge on any atom is 0.00389 e. The predicted octanol–water partition coefficient (Wildman–Crippen LogP) is 1.39. The maximum absolute atomic E-state index is 3.43. The van der Waals surface area contributed by atoms with Gasteiger partial charge in [-0.15, -0.1) is 0 Å². The van der Waals surface area contributed by atoms with E-state index >= 15 is 0 Å². The quantitative estimate of drug-likeness (QED) is 0.500. The van der Waals surface area contributed by atoms with Crippen LogP contribution in [0.3, 0.4) is 0 Å². The minimum atomic E-state index is 0.770. The second-order valence-corrected chi connectivity index (χ2v) is 2.99. The smallest absolute Gasteiger partial charge is 0.00389 e. The molecular weight excluding hydrogens is 98.1 g/mol. The number of hydrogen-bond donors (Lipinski definition) is 1. The van der Waals surface area contributed by atoms with E-state index in [1.54, 1.807) is 0 Å². The zero-order chi connectivity index (χ0) is 5.98. The number of rotatable bonds is 0. The van der Waals surface area contributed by atoms with Crippen LogP contribution in [0.15, 0.2) is 0 Å². The molecule has 48 valence electrons. The molecule has 0 radical (unpaired) electrons. The Kier molecular flexibility index (Phi) is 1.90.